The summed E-state index contributed by atoms with van der Waals surface area (Å²) >= 11 is 5.95. The van der Waals surface area contributed by atoms with E-state index < -0.39 is 16.7 Å². The van der Waals surface area contributed by atoms with E-state index in [1.54, 1.807) is 24.3 Å². The molecule has 8 heteroatoms. The zero-order valence-corrected chi connectivity index (χ0v) is 10.2. The first-order valence-corrected chi connectivity index (χ1v) is 5.56. The fourth-order valence-corrected chi connectivity index (χ4v) is 1.77. The summed E-state index contributed by atoms with van der Waals surface area (Å²) in [6.07, 6.45) is 0. The van der Waals surface area contributed by atoms with Crippen LogP contribution in [0.3, 0.4) is 0 Å². The van der Waals surface area contributed by atoms with Crippen molar-refractivity contribution >= 4 is 23.4 Å². The van der Waals surface area contributed by atoms with Gasteiger partial charge in [-0.25, -0.2) is 4.79 Å². The van der Waals surface area contributed by atoms with Crippen molar-refractivity contribution in [3.8, 4) is 0 Å². The van der Waals surface area contributed by atoms with Crippen molar-refractivity contribution in [1.82, 2.24) is 9.78 Å². The third-order valence-electron chi connectivity index (χ3n) is 2.45. The smallest absolute Gasteiger partial charge is 0.390 e. The van der Waals surface area contributed by atoms with Crippen LogP contribution in [-0.4, -0.2) is 25.8 Å². The van der Waals surface area contributed by atoms with Gasteiger partial charge in [-0.1, -0.05) is 29.8 Å². The van der Waals surface area contributed by atoms with Gasteiger partial charge in [0.05, 0.1) is 17.7 Å². The lowest BCUT2D eigenvalue weighted by atomic mass is 10.2. The first kappa shape index (κ1) is 13.0. The van der Waals surface area contributed by atoms with Crippen LogP contribution in [0.25, 0.3) is 0 Å². The van der Waals surface area contributed by atoms with Crippen molar-refractivity contribution in [3.63, 3.8) is 0 Å². The van der Waals surface area contributed by atoms with E-state index >= 15 is 0 Å². The van der Waals surface area contributed by atoms with E-state index in [9.17, 15) is 14.9 Å². The first-order chi connectivity index (χ1) is 8.99. The van der Waals surface area contributed by atoms with Gasteiger partial charge in [0.1, 0.15) is 0 Å². The van der Waals surface area contributed by atoms with Gasteiger partial charge in [-0.05, 0) is 16.6 Å². The standard InChI is InChI=1S/C11H8ClN3O4/c12-8-4-2-1-3-7(8)6-14-9(11(16)17)5-10(13-14)15(18)19/h1-5H,6H2,(H,16,17). The Hall–Kier alpha value is -2.41. The molecule has 7 nitrogen and oxygen atoms in total. The van der Waals surface area contributed by atoms with Crippen LogP contribution in [0, 0.1) is 10.1 Å². The summed E-state index contributed by atoms with van der Waals surface area (Å²) in [6, 6.07) is 7.73. The molecule has 1 N–H and O–H groups in total. The Morgan fingerprint density at radius 2 is 2.16 bits per heavy atom. The maximum atomic E-state index is 11.0. The number of aromatic nitrogens is 2. The second kappa shape index (κ2) is 5.07. The van der Waals surface area contributed by atoms with Crippen molar-refractivity contribution in [2.45, 2.75) is 6.54 Å². The molecule has 0 aliphatic heterocycles. The summed E-state index contributed by atoms with van der Waals surface area (Å²) < 4.78 is 1.04. The summed E-state index contributed by atoms with van der Waals surface area (Å²) in [4.78, 5) is 20.9. The van der Waals surface area contributed by atoms with Crippen LogP contribution in [0.5, 0.6) is 0 Å². The van der Waals surface area contributed by atoms with Gasteiger partial charge in [0, 0.05) is 5.02 Å². The molecule has 1 heterocycles. The molecule has 1 aromatic carbocycles. The molecule has 0 radical (unpaired) electrons. The number of hydrogen-bond acceptors (Lipinski definition) is 4. The van der Waals surface area contributed by atoms with E-state index in [1.165, 1.54) is 0 Å². The van der Waals surface area contributed by atoms with Gasteiger partial charge in [0.25, 0.3) is 0 Å². The monoisotopic (exact) mass is 281 g/mol. The number of carboxylic acids is 1. The molecule has 0 atom stereocenters. The lowest BCUT2D eigenvalue weighted by Crippen LogP contribution is -2.11. The van der Waals surface area contributed by atoms with Crippen molar-refractivity contribution in [2.75, 3.05) is 0 Å². The van der Waals surface area contributed by atoms with Crippen molar-refractivity contribution in [3.05, 3.63) is 56.7 Å². The van der Waals surface area contributed by atoms with E-state index in [0.29, 0.717) is 10.6 Å². The van der Waals surface area contributed by atoms with Crippen LogP contribution in [0.1, 0.15) is 16.1 Å². The maximum absolute atomic E-state index is 11.0. The van der Waals surface area contributed by atoms with Crippen molar-refractivity contribution < 1.29 is 14.8 Å². The van der Waals surface area contributed by atoms with Crippen LogP contribution in [-0.2, 0) is 6.54 Å². The molecule has 0 amide bonds. The van der Waals surface area contributed by atoms with Gasteiger partial charge in [-0.2, -0.15) is 4.68 Å². The number of nitrogens with zero attached hydrogens (tertiary/aromatic N) is 3. The zero-order valence-electron chi connectivity index (χ0n) is 9.49. The van der Waals surface area contributed by atoms with E-state index in [4.69, 9.17) is 16.7 Å². The predicted octanol–water partition coefficient (Wildman–Crippen LogP) is 2.19. The summed E-state index contributed by atoms with van der Waals surface area (Å²) in [6.45, 7) is 0.0507. The van der Waals surface area contributed by atoms with Crippen molar-refractivity contribution in [1.29, 1.82) is 0 Å². The van der Waals surface area contributed by atoms with Crippen LogP contribution >= 0.6 is 11.6 Å². The minimum Gasteiger partial charge on any atom is -0.476 e. The van der Waals surface area contributed by atoms with Gasteiger partial charge in [-0.15, -0.1) is 0 Å². The lowest BCUT2D eigenvalue weighted by Gasteiger charge is -2.02. The Morgan fingerprint density at radius 3 is 2.74 bits per heavy atom. The molecule has 0 spiro atoms. The quantitative estimate of drug-likeness (QED) is 0.684. The maximum Gasteiger partial charge on any atom is 0.390 e. The Bertz CT molecular complexity index is 653. The average molecular weight is 282 g/mol. The Labute approximate surface area is 112 Å². The number of halogens is 1. The highest BCUT2D eigenvalue weighted by atomic mass is 35.5. The number of aromatic carboxylic acids is 1. The normalized spacial score (nSPS) is 10.4. The Balaban J connectivity index is 2.42. The molecule has 0 unspecified atom stereocenters. The van der Waals surface area contributed by atoms with Gasteiger partial charge < -0.3 is 15.2 Å². The second-order valence-electron chi connectivity index (χ2n) is 3.70. The van der Waals surface area contributed by atoms with E-state index in [1.807, 2.05) is 0 Å². The first-order valence-electron chi connectivity index (χ1n) is 5.18. The molecular weight excluding hydrogens is 274 g/mol. The number of rotatable bonds is 4. The van der Waals surface area contributed by atoms with Crippen molar-refractivity contribution in [2.24, 2.45) is 0 Å². The zero-order chi connectivity index (χ0) is 14.0. The van der Waals surface area contributed by atoms with Crippen LogP contribution in [0.15, 0.2) is 30.3 Å². The predicted molar refractivity (Wildman–Crippen MR) is 66.4 cm³/mol. The molecule has 0 fully saturated rings. The number of carbonyl (C=O) groups is 1. The molecule has 19 heavy (non-hydrogen) atoms. The number of hydrogen-bond donors (Lipinski definition) is 1. The van der Waals surface area contributed by atoms with Gasteiger partial charge in [0.2, 0.25) is 0 Å². The van der Waals surface area contributed by atoms with Gasteiger partial charge >= 0.3 is 11.8 Å². The lowest BCUT2D eigenvalue weighted by molar-refractivity contribution is -0.389. The number of carboxylic acid groups (broad SMARTS) is 1. The highest BCUT2D eigenvalue weighted by Crippen LogP contribution is 2.19. The summed E-state index contributed by atoms with van der Waals surface area (Å²) in [5, 5.41) is 23.7. The summed E-state index contributed by atoms with van der Waals surface area (Å²) in [5.74, 6) is -1.79. The van der Waals surface area contributed by atoms with Crippen LogP contribution in [0.4, 0.5) is 5.82 Å². The molecular formula is C11H8ClN3O4. The molecule has 0 aliphatic carbocycles. The topological polar surface area (TPSA) is 98.3 Å². The van der Waals surface area contributed by atoms with E-state index in [0.717, 1.165) is 10.7 Å². The van der Waals surface area contributed by atoms with E-state index in [-0.39, 0.29) is 12.2 Å². The van der Waals surface area contributed by atoms with Gasteiger partial charge in [-0.3, -0.25) is 0 Å². The van der Waals surface area contributed by atoms with Crippen LogP contribution < -0.4 is 0 Å². The molecule has 0 saturated carbocycles. The minimum atomic E-state index is -1.28. The average Bonchev–Trinajstić information content (AvgIpc) is 2.76. The SMILES string of the molecule is O=C(O)c1cc([N+](=O)[O-])nn1Cc1ccccc1Cl. The molecule has 2 aromatic rings. The minimum absolute atomic E-state index is 0.0507. The molecule has 2 rings (SSSR count). The van der Waals surface area contributed by atoms with E-state index in [2.05, 4.69) is 5.10 Å². The molecule has 0 saturated heterocycles. The largest absolute Gasteiger partial charge is 0.476 e. The fraction of sp³-hybridized carbons (Fsp3) is 0.0909. The fourth-order valence-electron chi connectivity index (χ4n) is 1.57. The summed E-state index contributed by atoms with van der Waals surface area (Å²) in [5.41, 5.74) is 0.372. The number of benzene rings is 1. The Morgan fingerprint density at radius 1 is 1.47 bits per heavy atom. The van der Waals surface area contributed by atoms with Crippen LogP contribution in [0.2, 0.25) is 5.02 Å². The molecule has 0 bridgehead atoms. The van der Waals surface area contributed by atoms with Gasteiger partial charge in [0.15, 0.2) is 5.69 Å². The second-order valence-corrected chi connectivity index (χ2v) is 4.11. The third-order valence-corrected chi connectivity index (χ3v) is 2.82. The number of nitro groups is 1. The molecule has 98 valence electrons. The molecule has 0 aliphatic rings. The Kier molecular flexibility index (Phi) is 3.48. The molecule has 1 aromatic heterocycles. The third kappa shape index (κ3) is 2.71. The highest BCUT2D eigenvalue weighted by molar-refractivity contribution is 6.31. The highest BCUT2D eigenvalue weighted by Gasteiger charge is 2.23. The summed E-state index contributed by atoms with van der Waals surface area (Å²) in [7, 11) is 0.